The Morgan fingerprint density at radius 2 is 1.85 bits per heavy atom. The summed E-state index contributed by atoms with van der Waals surface area (Å²) in [5.41, 5.74) is 3.06. The zero-order valence-electron chi connectivity index (χ0n) is 14.7. The molecule has 7 heteroatoms. The van der Waals surface area contributed by atoms with Crippen molar-refractivity contribution in [2.24, 2.45) is 0 Å². The molecule has 3 heterocycles. The highest BCUT2D eigenvalue weighted by molar-refractivity contribution is 7.14. The van der Waals surface area contributed by atoms with Crippen LogP contribution in [0.5, 0.6) is 0 Å². The Hall–Kier alpha value is -1.83. The molecule has 0 atom stereocenters. The molecule has 0 N–H and O–H groups in total. The van der Waals surface area contributed by atoms with Crippen LogP contribution in [0, 0.1) is 12.7 Å². The van der Waals surface area contributed by atoms with E-state index in [1.807, 2.05) is 0 Å². The molecule has 0 saturated carbocycles. The lowest BCUT2D eigenvalue weighted by Gasteiger charge is -2.20. The molecule has 4 rings (SSSR count). The van der Waals surface area contributed by atoms with E-state index in [4.69, 9.17) is 4.98 Å². The van der Waals surface area contributed by atoms with Gasteiger partial charge in [-0.2, -0.15) is 0 Å². The number of aromatic nitrogens is 2. The zero-order chi connectivity index (χ0) is 17.9. The Morgan fingerprint density at radius 3 is 2.62 bits per heavy atom. The van der Waals surface area contributed by atoms with Gasteiger partial charge in [-0.25, -0.2) is 14.4 Å². The van der Waals surface area contributed by atoms with E-state index in [1.54, 1.807) is 34.8 Å². The molecule has 1 aliphatic heterocycles. The first-order valence-electron chi connectivity index (χ1n) is 8.77. The molecular formula is C19H21FN4S2. The summed E-state index contributed by atoms with van der Waals surface area (Å²) in [5, 5.41) is 6.40. The lowest BCUT2D eigenvalue weighted by atomic mass is 10.2. The summed E-state index contributed by atoms with van der Waals surface area (Å²) < 4.78 is 13.1. The number of hydrogen-bond acceptors (Lipinski definition) is 6. The highest BCUT2D eigenvalue weighted by atomic mass is 32.1. The summed E-state index contributed by atoms with van der Waals surface area (Å²) in [7, 11) is 0. The number of nitrogens with zero attached hydrogens (tertiary/aromatic N) is 4. The molecule has 0 amide bonds. The van der Waals surface area contributed by atoms with Gasteiger partial charge in [0.1, 0.15) is 5.82 Å². The molecular weight excluding hydrogens is 367 g/mol. The number of hydrogen-bond donors (Lipinski definition) is 0. The van der Waals surface area contributed by atoms with Crippen molar-refractivity contribution in [3.8, 4) is 11.3 Å². The summed E-state index contributed by atoms with van der Waals surface area (Å²) in [5.74, 6) is -0.216. The Kier molecular flexibility index (Phi) is 5.28. The predicted octanol–water partition coefficient (Wildman–Crippen LogP) is 4.43. The SMILES string of the molecule is Cc1nc(CN2CCCN(c3nc(-c4ccc(F)cc4)cs3)CC2)cs1. The van der Waals surface area contributed by atoms with Crippen molar-refractivity contribution in [2.45, 2.75) is 19.9 Å². The summed E-state index contributed by atoms with van der Waals surface area (Å²) in [6, 6.07) is 6.54. The van der Waals surface area contributed by atoms with E-state index < -0.39 is 0 Å². The van der Waals surface area contributed by atoms with Gasteiger partial charge in [-0.1, -0.05) is 0 Å². The average molecular weight is 389 g/mol. The second kappa shape index (κ2) is 7.82. The molecule has 0 radical (unpaired) electrons. The van der Waals surface area contributed by atoms with Crippen molar-refractivity contribution in [2.75, 3.05) is 31.1 Å². The van der Waals surface area contributed by atoms with Gasteiger partial charge in [-0.3, -0.25) is 4.90 Å². The molecule has 3 aromatic rings. The minimum Gasteiger partial charge on any atom is -0.347 e. The Labute approximate surface area is 160 Å². The van der Waals surface area contributed by atoms with Crippen LogP contribution in [0.15, 0.2) is 35.0 Å². The van der Waals surface area contributed by atoms with Crippen LogP contribution in [0.2, 0.25) is 0 Å². The van der Waals surface area contributed by atoms with Gasteiger partial charge in [-0.05, 0) is 37.6 Å². The van der Waals surface area contributed by atoms with Crippen molar-refractivity contribution in [3.05, 3.63) is 51.5 Å². The van der Waals surface area contributed by atoms with Gasteiger partial charge in [0.25, 0.3) is 0 Å². The van der Waals surface area contributed by atoms with E-state index in [0.29, 0.717) is 0 Å². The smallest absolute Gasteiger partial charge is 0.185 e. The maximum atomic E-state index is 13.1. The van der Waals surface area contributed by atoms with Crippen LogP contribution in [0.25, 0.3) is 11.3 Å². The van der Waals surface area contributed by atoms with Crippen molar-refractivity contribution >= 4 is 27.8 Å². The minimum absolute atomic E-state index is 0.216. The Balaban J connectivity index is 1.40. The summed E-state index contributed by atoms with van der Waals surface area (Å²) in [6.45, 7) is 7.07. The van der Waals surface area contributed by atoms with Crippen LogP contribution in [0.1, 0.15) is 17.1 Å². The van der Waals surface area contributed by atoms with Crippen LogP contribution >= 0.6 is 22.7 Å². The van der Waals surface area contributed by atoms with E-state index in [1.165, 1.54) is 17.8 Å². The van der Waals surface area contributed by atoms with E-state index in [9.17, 15) is 4.39 Å². The maximum absolute atomic E-state index is 13.1. The molecule has 0 unspecified atom stereocenters. The van der Waals surface area contributed by atoms with Crippen LogP contribution in [-0.4, -0.2) is 41.0 Å². The fraction of sp³-hybridized carbons (Fsp3) is 0.368. The van der Waals surface area contributed by atoms with Gasteiger partial charge in [0.05, 0.1) is 16.4 Å². The number of benzene rings is 1. The van der Waals surface area contributed by atoms with Crippen LogP contribution in [-0.2, 0) is 6.54 Å². The number of thiazole rings is 2. The third kappa shape index (κ3) is 4.11. The lowest BCUT2D eigenvalue weighted by Crippen LogP contribution is -2.30. The molecule has 1 saturated heterocycles. The van der Waals surface area contributed by atoms with Crippen LogP contribution in [0.4, 0.5) is 9.52 Å². The summed E-state index contributed by atoms with van der Waals surface area (Å²) in [6.07, 6.45) is 1.12. The number of halogens is 1. The Bertz CT molecular complexity index is 859. The molecule has 4 nitrogen and oxygen atoms in total. The first kappa shape index (κ1) is 17.6. The van der Waals surface area contributed by atoms with E-state index in [2.05, 4.69) is 32.5 Å². The van der Waals surface area contributed by atoms with E-state index in [-0.39, 0.29) is 5.82 Å². The van der Waals surface area contributed by atoms with Crippen molar-refractivity contribution < 1.29 is 4.39 Å². The third-order valence-corrected chi connectivity index (χ3v) is 6.27. The van der Waals surface area contributed by atoms with Gasteiger partial charge >= 0.3 is 0 Å². The highest BCUT2D eigenvalue weighted by Crippen LogP contribution is 2.28. The topological polar surface area (TPSA) is 32.3 Å². The maximum Gasteiger partial charge on any atom is 0.185 e. The average Bonchev–Trinajstić information content (AvgIpc) is 3.21. The Morgan fingerprint density at radius 1 is 1.00 bits per heavy atom. The first-order chi connectivity index (χ1) is 12.7. The number of anilines is 1. The molecule has 1 aliphatic rings. The fourth-order valence-electron chi connectivity index (χ4n) is 3.19. The standard InChI is InChI=1S/C19H21FN4S2/c1-14-21-17(12-25-14)11-23-7-2-8-24(10-9-23)19-22-18(13-26-19)15-3-5-16(20)6-4-15/h3-6,12-13H,2,7-11H2,1H3. The van der Waals surface area contributed by atoms with Crippen LogP contribution < -0.4 is 4.90 Å². The van der Waals surface area contributed by atoms with E-state index in [0.717, 1.165) is 60.5 Å². The van der Waals surface area contributed by atoms with Crippen molar-refractivity contribution in [3.63, 3.8) is 0 Å². The van der Waals surface area contributed by atoms with Crippen molar-refractivity contribution in [1.29, 1.82) is 0 Å². The zero-order valence-corrected chi connectivity index (χ0v) is 16.3. The quantitative estimate of drug-likeness (QED) is 0.662. The second-order valence-corrected chi connectivity index (χ2v) is 8.40. The third-order valence-electron chi connectivity index (χ3n) is 4.54. The molecule has 136 valence electrons. The van der Waals surface area contributed by atoms with Gasteiger partial charge in [0.2, 0.25) is 0 Å². The lowest BCUT2D eigenvalue weighted by molar-refractivity contribution is 0.282. The molecule has 2 aromatic heterocycles. The number of aryl methyl sites for hydroxylation is 1. The molecule has 26 heavy (non-hydrogen) atoms. The van der Waals surface area contributed by atoms with Crippen molar-refractivity contribution in [1.82, 2.24) is 14.9 Å². The normalized spacial score (nSPS) is 16.0. The fourth-order valence-corrected chi connectivity index (χ4v) is 4.69. The van der Waals surface area contributed by atoms with Crippen LogP contribution in [0.3, 0.4) is 0 Å². The summed E-state index contributed by atoms with van der Waals surface area (Å²) in [4.78, 5) is 14.2. The molecule has 0 spiro atoms. The largest absolute Gasteiger partial charge is 0.347 e. The molecule has 0 bridgehead atoms. The minimum atomic E-state index is -0.216. The summed E-state index contributed by atoms with van der Waals surface area (Å²) >= 11 is 3.38. The van der Waals surface area contributed by atoms with E-state index >= 15 is 0 Å². The molecule has 1 fully saturated rings. The molecule has 1 aromatic carbocycles. The highest BCUT2D eigenvalue weighted by Gasteiger charge is 2.18. The molecule has 0 aliphatic carbocycles. The first-order valence-corrected chi connectivity index (χ1v) is 10.5. The van der Waals surface area contributed by atoms with Gasteiger partial charge < -0.3 is 4.90 Å². The monoisotopic (exact) mass is 388 g/mol. The predicted molar refractivity (Wildman–Crippen MR) is 106 cm³/mol. The van der Waals surface area contributed by atoms with Gasteiger partial charge in [0, 0.05) is 49.0 Å². The van der Waals surface area contributed by atoms with Gasteiger partial charge in [-0.15, -0.1) is 22.7 Å². The number of rotatable bonds is 4. The van der Waals surface area contributed by atoms with Gasteiger partial charge in [0.15, 0.2) is 5.13 Å². The second-order valence-electron chi connectivity index (χ2n) is 6.50.